The monoisotopic (exact) mass is 353 g/mol. The van der Waals surface area contributed by atoms with Gasteiger partial charge < -0.3 is 14.6 Å². The zero-order valence-corrected chi connectivity index (χ0v) is 14.9. The topological polar surface area (TPSA) is 75.4 Å². The Labute approximate surface area is 152 Å². The van der Waals surface area contributed by atoms with Crippen molar-refractivity contribution in [3.8, 4) is 11.5 Å². The van der Waals surface area contributed by atoms with Crippen molar-refractivity contribution in [1.82, 2.24) is 15.2 Å². The van der Waals surface area contributed by atoms with Gasteiger partial charge in [-0.1, -0.05) is 12.5 Å². The van der Waals surface area contributed by atoms with Crippen LogP contribution in [0.15, 0.2) is 40.9 Å². The minimum atomic E-state index is -0.248. The maximum absolute atomic E-state index is 12.6. The van der Waals surface area contributed by atoms with E-state index in [4.69, 9.17) is 4.42 Å². The highest BCUT2D eigenvalue weighted by atomic mass is 16.4. The van der Waals surface area contributed by atoms with E-state index in [1.165, 1.54) is 0 Å². The van der Waals surface area contributed by atoms with Crippen LogP contribution in [0.25, 0.3) is 11.5 Å². The molecular formula is C20H23N3O3. The van der Waals surface area contributed by atoms with Crippen molar-refractivity contribution >= 4 is 11.8 Å². The fourth-order valence-corrected chi connectivity index (χ4v) is 4.63. The Morgan fingerprint density at radius 3 is 2.96 bits per heavy atom. The summed E-state index contributed by atoms with van der Waals surface area (Å²) >= 11 is 0. The molecule has 2 aliphatic rings. The molecule has 2 atom stereocenters. The number of amides is 2. The molecule has 0 bridgehead atoms. The second-order valence-corrected chi connectivity index (χ2v) is 7.21. The van der Waals surface area contributed by atoms with Crippen LogP contribution < -0.4 is 5.32 Å². The van der Waals surface area contributed by atoms with Gasteiger partial charge in [-0.05, 0) is 49.4 Å². The molecule has 2 fully saturated rings. The lowest BCUT2D eigenvalue weighted by molar-refractivity contribution is -0.133. The molecule has 3 heterocycles. The van der Waals surface area contributed by atoms with Crippen LogP contribution in [0.1, 0.15) is 43.2 Å². The molecule has 2 aromatic heterocycles. The van der Waals surface area contributed by atoms with Gasteiger partial charge in [-0.15, -0.1) is 0 Å². The number of furan rings is 1. The van der Waals surface area contributed by atoms with E-state index >= 15 is 0 Å². The number of likely N-dealkylation sites (tertiary alicyclic amines) is 1. The number of pyridine rings is 1. The van der Waals surface area contributed by atoms with Crippen molar-refractivity contribution in [2.24, 2.45) is 5.92 Å². The molecule has 0 radical (unpaired) electrons. The van der Waals surface area contributed by atoms with Crippen LogP contribution in [0.3, 0.4) is 0 Å². The molecule has 4 rings (SSSR count). The summed E-state index contributed by atoms with van der Waals surface area (Å²) in [6.07, 6.45) is 5.90. The lowest BCUT2D eigenvalue weighted by Gasteiger charge is -2.38. The maximum atomic E-state index is 12.6. The normalized spacial score (nSPS) is 24.5. The standard InChI is InChI=1S/C20H23N3O3/c1-14(24)23-12-9-15-5-4-10-20(15,23)13-22-19(25)18-8-7-17(26-18)16-6-2-3-11-21-16/h2-3,6-8,11,15H,4-5,9-10,12-13H2,1H3,(H,22,25). The quantitative estimate of drug-likeness (QED) is 0.917. The summed E-state index contributed by atoms with van der Waals surface area (Å²) < 4.78 is 5.67. The second-order valence-electron chi connectivity index (χ2n) is 7.21. The fourth-order valence-electron chi connectivity index (χ4n) is 4.63. The van der Waals surface area contributed by atoms with Crippen LogP contribution in [-0.4, -0.2) is 40.3 Å². The molecule has 2 aromatic rings. The molecule has 1 saturated heterocycles. The third-order valence-electron chi connectivity index (χ3n) is 5.84. The van der Waals surface area contributed by atoms with Crippen LogP contribution in [-0.2, 0) is 4.79 Å². The Bertz CT molecular complexity index is 817. The first kappa shape index (κ1) is 16.8. The van der Waals surface area contributed by atoms with E-state index in [1.807, 2.05) is 23.1 Å². The van der Waals surface area contributed by atoms with E-state index in [9.17, 15) is 9.59 Å². The van der Waals surface area contributed by atoms with Crippen molar-refractivity contribution in [2.45, 2.75) is 38.1 Å². The van der Waals surface area contributed by atoms with Gasteiger partial charge in [0, 0.05) is 26.2 Å². The number of nitrogens with one attached hydrogen (secondary N) is 1. The van der Waals surface area contributed by atoms with E-state index < -0.39 is 0 Å². The SMILES string of the molecule is CC(=O)N1CCC2CCCC21CNC(=O)c1ccc(-c2ccccn2)o1. The first-order valence-electron chi connectivity index (χ1n) is 9.18. The van der Waals surface area contributed by atoms with Crippen molar-refractivity contribution in [3.63, 3.8) is 0 Å². The number of hydrogen-bond acceptors (Lipinski definition) is 4. The van der Waals surface area contributed by atoms with Crippen LogP contribution in [0, 0.1) is 5.92 Å². The molecular weight excluding hydrogens is 330 g/mol. The van der Waals surface area contributed by atoms with Gasteiger partial charge >= 0.3 is 0 Å². The van der Waals surface area contributed by atoms with E-state index in [-0.39, 0.29) is 23.1 Å². The molecule has 6 heteroatoms. The largest absolute Gasteiger partial charge is 0.449 e. The first-order chi connectivity index (χ1) is 12.6. The minimum absolute atomic E-state index is 0.0964. The molecule has 1 saturated carbocycles. The predicted molar refractivity (Wildman–Crippen MR) is 96.3 cm³/mol. The van der Waals surface area contributed by atoms with Crippen LogP contribution in [0.2, 0.25) is 0 Å². The maximum Gasteiger partial charge on any atom is 0.287 e. The number of nitrogens with zero attached hydrogens (tertiary/aromatic N) is 2. The third kappa shape index (κ3) is 2.79. The fraction of sp³-hybridized carbons (Fsp3) is 0.450. The minimum Gasteiger partial charge on any atom is -0.449 e. The number of rotatable bonds is 4. The van der Waals surface area contributed by atoms with E-state index in [0.717, 1.165) is 32.2 Å². The molecule has 1 aliphatic carbocycles. The Morgan fingerprint density at radius 1 is 1.31 bits per heavy atom. The molecule has 1 aliphatic heterocycles. The van der Waals surface area contributed by atoms with E-state index in [0.29, 0.717) is 23.9 Å². The van der Waals surface area contributed by atoms with Gasteiger partial charge in [0.1, 0.15) is 5.69 Å². The summed E-state index contributed by atoms with van der Waals surface area (Å²) in [5.74, 6) is 1.16. The van der Waals surface area contributed by atoms with Crippen molar-refractivity contribution in [2.75, 3.05) is 13.1 Å². The Hall–Kier alpha value is -2.63. The van der Waals surface area contributed by atoms with Crippen molar-refractivity contribution < 1.29 is 14.0 Å². The van der Waals surface area contributed by atoms with Gasteiger partial charge in [0.05, 0.1) is 5.54 Å². The van der Waals surface area contributed by atoms with E-state index in [2.05, 4.69) is 10.3 Å². The van der Waals surface area contributed by atoms with Crippen molar-refractivity contribution in [1.29, 1.82) is 0 Å². The van der Waals surface area contributed by atoms with Gasteiger partial charge in [-0.2, -0.15) is 0 Å². The van der Waals surface area contributed by atoms with Crippen LogP contribution >= 0.6 is 0 Å². The summed E-state index contributed by atoms with van der Waals surface area (Å²) in [5, 5.41) is 3.01. The Kier molecular flexibility index (Phi) is 4.26. The lowest BCUT2D eigenvalue weighted by atomic mass is 9.87. The lowest BCUT2D eigenvalue weighted by Crippen LogP contribution is -2.55. The second kappa shape index (κ2) is 6.59. The zero-order valence-electron chi connectivity index (χ0n) is 14.9. The van der Waals surface area contributed by atoms with E-state index in [1.54, 1.807) is 25.3 Å². The molecule has 6 nitrogen and oxygen atoms in total. The van der Waals surface area contributed by atoms with Crippen LogP contribution in [0.5, 0.6) is 0 Å². The highest BCUT2D eigenvalue weighted by Crippen LogP contribution is 2.46. The van der Waals surface area contributed by atoms with Gasteiger partial charge in [0.15, 0.2) is 11.5 Å². The molecule has 0 spiro atoms. The number of aromatic nitrogens is 1. The average Bonchev–Trinajstić information content (AvgIpc) is 3.35. The summed E-state index contributed by atoms with van der Waals surface area (Å²) in [4.78, 5) is 30.8. The Balaban J connectivity index is 1.47. The summed E-state index contributed by atoms with van der Waals surface area (Å²) in [5.41, 5.74) is 0.470. The predicted octanol–water partition coefficient (Wildman–Crippen LogP) is 2.86. The summed E-state index contributed by atoms with van der Waals surface area (Å²) in [7, 11) is 0. The highest BCUT2D eigenvalue weighted by Gasteiger charge is 2.52. The molecule has 2 amide bonds. The highest BCUT2D eigenvalue weighted by molar-refractivity contribution is 5.92. The number of carbonyl (C=O) groups excluding carboxylic acids is 2. The molecule has 2 unspecified atom stereocenters. The van der Waals surface area contributed by atoms with Crippen LogP contribution in [0.4, 0.5) is 0 Å². The third-order valence-corrected chi connectivity index (χ3v) is 5.84. The number of fused-ring (bicyclic) bond motifs is 1. The average molecular weight is 353 g/mol. The van der Waals surface area contributed by atoms with Crippen molar-refractivity contribution in [3.05, 3.63) is 42.3 Å². The Morgan fingerprint density at radius 2 is 2.19 bits per heavy atom. The summed E-state index contributed by atoms with van der Waals surface area (Å²) in [6, 6.07) is 8.97. The summed E-state index contributed by atoms with van der Waals surface area (Å²) in [6.45, 7) is 2.89. The van der Waals surface area contributed by atoms with Gasteiger partial charge in [-0.25, -0.2) is 0 Å². The van der Waals surface area contributed by atoms with Gasteiger partial charge in [0.2, 0.25) is 5.91 Å². The molecule has 1 N–H and O–H groups in total. The molecule has 26 heavy (non-hydrogen) atoms. The van der Waals surface area contributed by atoms with Gasteiger partial charge in [-0.3, -0.25) is 14.6 Å². The number of carbonyl (C=O) groups is 2. The first-order valence-corrected chi connectivity index (χ1v) is 9.18. The molecule has 136 valence electrons. The zero-order chi connectivity index (χ0) is 18.1. The number of hydrogen-bond donors (Lipinski definition) is 1. The molecule has 0 aromatic carbocycles. The smallest absolute Gasteiger partial charge is 0.287 e. The van der Waals surface area contributed by atoms with Gasteiger partial charge in [0.25, 0.3) is 5.91 Å².